The van der Waals surface area contributed by atoms with Gasteiger partial charge in [-0.25, -0.2) is 0 Å². The second-order valence-corrected chi connectivity index (χ2v) is 6.41. The van der Waals surface area contributed by atoms with Crippen LogP contribution in [0.25, 0.3) is 0 Å². The molecule has 0 unspecified atom stereocenters. The maximum absolute atomic E-state index is 3.88. The molecule has 0 amide bonds. The molecule has 0 bridgehead atoms. The number of rotatable bonds is 7. The van der Waals surface area contributed by atoms with Gasteiger partial charge in [0.05, 0.1) is 0 Å². The standard InChI is InChI=1S/C26H26N2/c1-4-12-24(13-5-2)28(25-16-10-7-11-17-25)26-20-18-23(19-21-26)27(3)22-14-8-6-9-15-22/h4-21H,1H2,2-3H3/b13-5-,24-12+. The Morgan fingerprint density at radius 3 is 1.71 bits per heavy atom. The normalized spacial score (nSPS) is 11.4. The van der Waals surface area contributed by atoms with Crippen molar-refractivity contribution in [1.82, 2.24) is 0 Å². The van der Waals surface area contributed by atoms with E-state index in [2.05, 4.69) is 102 Å². The van der Waals surface area contributed by atoms with E-state index < -0.39 is 0 Å². The molecular weight excluding hydrogens is 340 g/mol. The van der Waals surface area contributed by atoms with Crippen LogP contribution in [0.2, 0.25) is 0 Å². The molecule has 2 nitrogen and oxygen atoms in total. The Bertz CT molecular complexity index is 939. The highest BCUT2D eigenvalue weighted by atomic mass is 15.1. The maximum Gasteiger partial charge on any atom is 0.0463 e. The summed E-state index contributed by atoms with van der Waals surface area (Å²) in [5.41, 5.74) is 5.58. The van der Waals surface area contributed by atoms with Gasteiger partial charge in [-0.05, 0) is 67.6 Å². The fraction of sp³-hybridized carbons (Fsp3) is 0.0769. The Hall–Kier alpha value is -3.52. The topological polar surface area (TPSA) is 6.48 Å². The van der Waals surface area contributed by atoms with Crippen LogP contribution in [0.5, 0.6) is 0 Å². The quantitative estimate of drug-likeness (QED) is 0.407. The van der Waals surface area contributed by atoms with Crippen molar-refractivity contribution in [1.29, 1.82) is 0 Å². The first-order chi connectivity index (χ1) is 13.7. The fourth-order valence-electron chi connectivity index (χ4n) is 3.15. The first kappa shape index (κ1) is 19.2. The van der Waals surface area contributed by atoms with Gasteiger partial charge in [-0.2, -0.15) is 0 Å². The average Bonchev–Trinajstić information content (AvgIpc) is 2.76. The molecule has 3 aromatic rings. The van der Waals surface area contributed by atoms with Crippen molar-refractivity contribution in [3.63, 3.8) is 0 Å². The summed E-state index contributed by atoms with van der Waals surface area (Å²) in [5.74, 6) is 0. The van der Waals surface area contributed by atoms with Crippen molar-refractivity contribution < 1.29 is 0 Å². The monoisotopic (exact) mass is 366 g/mol. The molecule has 0 radical (unpaired) electrons. The lowest BCUT2D eigenvalue weighted by Gasteiger charge is -2.27. The van der Waals surface area contributed by atoms with Gasteiger partial charge in [0, 0.05) is 35.5 Å². The van der Waals surface area contributed by atoms with Crippen LogP contribution in [-0.2, 0) is 0 Å². The zero-order valence-electron chi connectivity index (χ0n) is 16.5. The molecule has 0 saturated heterocycles. The van der Waals surface area contributed by atoms with Crippen molar-refractivity contribution in [2.75, 3.05) is 16.8 Å². The van der Waals surface area contributed by atoms with E-state index in [1.165, 1.54) is 0 Å². The Kier molecular flexibility index (Phi) is 6.48. The van der Waals surface area contributed by atoms with Crippen LogP contribution in [0.1, 0.15) is 6.92 Å². The van der Waals surface area contributed by atoms with E-state index in [9.17, 15) is 0 Å². The summed E-state index contributed by atoms with van der Waals surface area (Å²) in [4.78, 5) is 4.41. The highest BCUT2D eigenvalue weighted by Gasteiger charge is 2.13. The zero-order valence-corrected chi connectivity index (χ0v) is 16.5. The lowest BCUT2D eigenvalue weighted by Crippen LogP contribution is -2.15. The summed E-state index contributed by atoms with van der Waals surface area (Å²) in [6, 6.07) is 29.4. The van der Waals surface area contributed by atoms with Crippen molar-refractivity contribution in [2.45, 2.75) is 6.92 Å². The van der Waals surface area contributed by atoms with E-state index in [0.29, 0.717) is 0 Å². The first-order valence-electron chi connectivity index (χ1n) is 9.44. The fourth-order valence-corrected chi connectivity index (χ4v) is 3.15. The summed E-state index contributed by atoms with van der Waals surface area (Å²) < 4.78 is 0. The van der Waals surface area contributed by atoms with Gasteiger partial charge in [0.15, 0.2) is 0 Å². The predicted octanol–water partition coefficient (Wildman–Crippen LogP) is 7.24. The van der Waals surface area contributed by atoms with Crippen LogP contribution in [0, 0.1) is 0 Å². The predicted molar refractivity (Wildman–Crippen MR) is 123 cm³/mol. The lowest BCUT2D eigenvalue weighted by molar-refractivity contribution is 1.18. The van der Waals surface area contributed by atoms with Gasteiger partial charge in [-0.3, -0.25) is 0 Å². The first-order valence-corrected chi connectivity index (χ1v) is 9.44. The number of benzene rings is 3. The van der Waals surface area contributed by atoms with Crippen LogP contribution in [0.3, 0.4) is 0 Å². The van der Waals surface area contributed by atoms with Crippen LogP contribution in [-0.4, -0.2) is 7.05 Å². The second kappa shape index (κ2) is 9.43. The molecular formula is C26H26N2. The number of nitrogens with zero attached hydrogens (tertiary/aromatic N) is 2. The van der Waals surface area contributed by atoms with Crippen molar-refractivity contribution >= 4 is 22.7 Å². The van der Waals surface area contributed by atoms with E-state index in [1.807, 2.05) is 37.3 Å². The molecule has 0 spiro atoms. The van der Waals surface area contributed by atoms with Gasteiger partial charge in [0.25, 0.3) is 0 Å². The third-order valence-electron chi connectivity index (χ3n) is 4.54. The van der Waals surface area contributed by atoms with Crippen LogP contribution in [0.4, 0.5) is 22.7 Å². The van der Waals surface area contributed by atoms with Gasteiger partial charge >= 0.3 is 0 Å². The molecule has 0 atom stereocenters. The van der Waals surface area contributed by atoms with E-state index in [0.717, 1.165) is 28.4 Å². The van der Waals surface area contributed by atoms with E-state index >= 15 is 0 Å². The highest BCUT2D eigenvalue weighted by Crippen LogP contribution is 2.33. The molecule has 3 aromatic carbocycles. The lowest BCUT2D eigenvalue weighted by atomic mass is 10.1. The molecule has 28 heavy (non-hydrogen) atoms. The number of hydrogen-bond acceptors (Lipinski definition) is 2. The van der Waals surface area contributed by atoms with Gasteiger partial charge < -0.3 is 9.80 Å². The van der Waals surface area contributed by atoms with Gasteiger partial charge in [-0.15, -0.1) is 0 Å². The molecule has 140 valence electrons. The van der Waals surface area contributed by atoms with Gasteiger partial charge in [0.2, 0.25) is 0 Å². The average molecular weight is 367 g/mol. The highest BCUT2D eigenvalue weighted by molar-refractivity contribution is 5.73. The smallest absolute Gasteiger partial charge is 0.0463 e. The van der Waals surface area contributed by atoms with Crippen LogP contribution < -0.4 is 9.80 Å². The molecule has 2 heteroatoms. The van der Waals surface area contributed by atoms with E-state index in [4.69, 9.17) is 0 Å². The van der Waals surface area contributed by atoms with Crippen LogP contribution in [0.15, 0.2) is 122 Å². The second-order valence-electron chi connectivity index (χ2n) is 6.41. The molecule has 0 aliphatic carbocycles. The van der Waals surface area contributed by atoms with Crippen molar-refractivity contribution in [3.05, 3.63) is 122 Å². The van der Waals surface area contributed by atoms with E-state index in [1.54, 1.807) is 0 Å². The van der Waals surface area contributed by atoms with Gasteiger partial charge in [-0.1, -0.05) is 55.1 Å². The van der Waals surface area contributed by atoms with Crippen molar-refractivity contribution in [2.24, 2.45) is 0 Å². The molecule has 0 heterocycles. The minimum absolute atomic E-state index is 1.06. The van der Waals surface area contributed by atoms with Crippen molar-refractivity contribution in [3.8, 4) is 0 Å². The molecule has 3 rings (SSSR count). The third-order valence-corrected chi connectivity index (χ3v) is 4.54. The molecule has 0 aliphatic heterocycles. The molecule has 0 aromatic heterocycles. The summed E-state index contributed by atoms with van der Waals surface area (Å²) in [6.07, 6.45) is 7.99. The number of para-hydroxylation sites is 2. The molecule has 0 saturated carbocycles. The third kappa shape index (κ3) is 4.41. The Morgan fingerprint density at radius 2 is 1.18 bits per heavy atom. The number of hydrogen-bond donors (Lipinski definition) is 0. The van der Waals surface area contributed by atoms with Gasteiger partial charge in [0.1, 0.15) is 0 Å². The molecule has 0 fully saturated rings. The Balaban J connectivity index is 1.99. The SMILES string of the molecule is C=C/C=C(\C=C/C)N(c1ccccc1)c1ccc(N(C)c2ccccc2)cc1. The summed E-state index contributed by atoms with van der Waals surface area (Å²) >= 11 is 0. The van der Waals surface area contributed by atoms with E-state index in [-0.39, 0.29) is 0 Å². The Morgan fingerprint density at radius 1 is 0.714 bits per heavy atom. The Labute approximate surface area is 168 Å². The van der Waals surface area contributed by atoms with Crippen LogP contribution >= 0.6 is 0 Å². The number of anilines is 4. The minimum atomic E-state index is 1.06. The molecule has 0 aliphatic rings. The number of allylic oxidation sites excluding steroid dienone is 4. The summed E-state index contributed by atoms with van der Waals surface area (Å²) in [5, 5.41) is 0. The molecule has 0 N–H and O–H groups in total. The summed E-state index contributed by atoms with van der Waals surface area (Å²) in [7, 11) is 2.09. The maximum atomic E-state index is 3.88. The zero-order chi connectivity index (χ0) is 19.8. The largest absolute Gasteiger partial charge is 0.345 e. The minimum Gasteiger partial charge on any atom is -0.345 e. The summed E-state index contributed by atoms with van der Waals surface area (Å²) in [6.45, 7) is 5.91.